The first-order valence-corrected chi connectivity index (χ1v) is 5.38. The highest BCUT2D eigenvalue weighted by atomic mass is 31.1. The normalized spacial score (nSPS) is 15.2. The second kappa shape index (κ2) is 3.69. The van der Waals surface area contributed by atoms with Crippen LogP contribution in [0.4, 0.5) is 0 Å². The molecule has 0 radical (unpaired) electrons. The molecule has 13 heavy (non-hydrogen) atoms. The molecule has 1 aromatic rings. The van der Waals surface area contributed by atoms with Crippen molar-refractivity contribution >= 4 is 18.4 Å². The van der Waals surface area contributed by atoms with Gasteiger partial charge in [-0.1, -0.05) is 30.4 Å². The maximum Gasteiger partial charge on any atom is 0.145 e. The van der Waals surface area contributed by atoms with Crippen LogP contribution < -0.4 is 10.2 Å². The van der Waals surface area contributed by atoms with Gasteiger partial charge in [0.25, 0.3) is 0 Å². The van der Waals surface area contributed by atoms with E-state index in [1.807, 2.05) is 54.6 Å². The third-order valence-corrected chi connectivity index (χ3v) is 3.40. The SMILES string of the molecule is [O-][P+](=C1C=CC=C1)c1ccccc1. The fourth-order valence-electron chi connectivity index (χ4n) is 1.21. The number of allylic oxidation sites excluding steroid dienone is 4. The van der Waals surface area contributed by atoms with E-state index in [0.29, 0.717) is 0 Å². The molecular formula is C11H9OP. The van der Waals surface area contributed by atoms with E-state index in [-0.39, 0.29) is 0 Å². The van der Waals surface area contributed by atoms with Gasteiger partial charge in [-0.2, -0.15) is 0 Å². The Morgan fingerprint density at radius 1 is 0.923 bits per heavy atom. The molecule has 0 amide bonds. The molecule has 0 spiro atoms. The van der Waals surface area contributed by atoms with E-state index >= 15 is 0 Å². The number of rotatable bonds is 1. The summed E-state index contributed by atoms with van der Waals surface area (Å²) in [6, 6.07) is 9.53. The van der Waals surface area contributed by atoms with Crippen molar-refractivity contribution in [2.24, 2.45) is 0 Å². The smallest absolute Gasteiger partial charge is 0.145 e. The van der Waals surface area contributed by atoms with Crippen molar-refractivity contribution in [3.63, 3.8) is 0 Å². The summed E-state index contributed by atoms with van der Waals surface area (Å²) < 4.78 is 0. The van der Waals surface area contributed by atoms with E-state index in [4.69, 9.17) is 0 Å². The largest absolute Gasteiger partial charge is 0.625 e. The Kier molecular flexibility index (Phi) is 2.40. The van der Waals surface area contributed by atoms with Gasteiger partial charge in [-0.05, 0) is 24.3 Å². The summed E-state index contributed by atoms with van der Waals surface area (Å²) >= 11 is 0. The molecule has 0 fully saturated rings. The second-order valence-electron chi connectivity index (χ2n) is 2.77. The van der Waals surface area contributed by atoms with E-state index in [0.717, 1.165) is 10.6 Å². The first-order chi connectivity index (χ1) is 6.38. The summed E-state index contributed by atoms with van der Waals surface area (Å²) in [6.45, 7) is 0. The summed E-state index contributed by atoms with van der Waals surface area (Å²) in [5.74, 6) is 0. The Morgan fingerprint density at radius 3 is 2.15 bits per heavy atom. The minimum Gasteiger partial charge on any atom is -0.625 e. The monoisotopic (exact) mass is 188 g/mol. The fourth-order valence-corrected chi connectivity index (χ4v) is 2.40. The topological polar surface area (TPSA) is 23.1 Å². The molecule has 0 heterocycles. The molecule has 2 heteroatoms. The average molecular weight is 188 g/mol. The van der Waals surface area contributed by atoms with Gasteiger partial charge in [-0.15, -0.1) is 0 Å². The number of hydrogen-bond donors (Lipinski definition) is 0. The lowest BCUT2D eigenvalue weighted by Gasteiger charge is -1.98. The molecule has 0 N–H and O–H groups in total. The molecule has 1 aromatic carbocycles. The summed E-state index contributed by atoms with van der Waals surface area (Å²) in [5, 5.41) is 1.80. The molecule has 0 saturated carbocycles. The Labute approximate surface area is 78.5 Å². The second-order valence-corrected chi connectivity index (χ2v) is 4.39. The van der Waals surface area contributed by atoms with Gasteiger partial charge in [0, 0.05) is 0 Å². The number of benzene rings is 1. The van der Waals surface area contributed by atoms with Gasteiger partial charge in [0.15, 0.2) is 0 Å². The lowest BCUT2D eigenvalue weighted by atomic mass is 10.4. The van der Waals surface area contributed by atoms with Gasteiger partial charge in [0.1, 0.15) is 10.6 Å². The van der Waals surface area contributed by atoms with Crippen LogP contribution >= 0.6 is 7.77 Å². The highest BCUT2D eigenvalue weighted by Gasteiger charge is 2.08. The van der Waals surface area contributed by atoms with E-state index < -0.39 is 7.77 Å². The molecule has 1 nitrogen and oxygen atoms in total. The molecule has 1 aliphatic rings. The molecule has 2 rings (SSSR count). The average Bonchev–Trinajstić information content (AvgIpc) is 2.71. The van der Waals surface area contributed by atoms with Gasteiger partial charge >= 0.3 is 0 Å². The van der Waals surface area contributed by atoms with Crippen molar-refractivity contribution < 1.29 is 4.89 Å². The van der Waals surface area contributed by atoms with Crippen LogP contribution in [0.25, 0.3) is 0 Å². The molecule has 0 aliphatic heterocycles. The molecule has 64 valence electrons. The third kappa shape index (κ3) is 1.77. The predicted octanol–water partition coefficient (Wildman–Crippen LogP) is 1.37. The van der Waals surface area contributed by atoms with Gasteiger partial charge in [0.05, 0.1) is 7.77 Å². The lowest BCUT2D eigenvalue weighted by Crippen LogP contribution is -2.08. The van der Waals surface area contributed by atoms with Crippen molar-refractivity contribution in [1.29, 1.82) is 0 Å². The minimum absolute atomic E-state index is 0.892. The third-order valence-electron chi connectivity index (χ3n) is 1.87. The Bertz CT molecular complexity index is 374. The summed E-state index contributed by atoms with van der Waals surface area (Å²) in [5.41, 5.74) is 0. The van der Waals surface area contributed by atoms with E-state index in [1.165, 1.54) is 0 Å². The zero-order chi connectivity index (χ0) is 9.10. The molecule has 0 aromatic heterocycles. The number of hydrogen-bond acceptors (Lipinski definition) is 1. The maximum atomic E-state index is 11.9. The van der Waals surface area contributed by atoms with Crippen LogP contribution in [0.5, 0.6) is 0 Å². The van der Waals surface area contributed by atoms with E-state index in [2.05, 4.69) is 0 Å². The summed E-state index contributed by atoms with van der Waals surface area (Å²) in [4.78, 5) is 11.9. The van der Waals surface area contributed by atoms with Crippen LogP contribution in [0.1, 0.15) is 0 Å². The zero-order valence-corrected chi connectivity index (χ0v) is 7.95. The molecule has 1 unspecified atom stereocenters. The van der Waals surface area contributed by atoms with Crippen LogP contribution in [-0.4, -0.2) is 5.29 Å². The van der Waals surface area contributed by atoms with Crippen molar-refractivity contribution in [2.45, 2.75) is 0 Å². The lowest BCUT2D eigenvalue weighted by molar-refractivity contribution is -0.149. The molecule has 1 aliphatic carbocycles. The Morgan fingerprint density at radius 2 is 1.54 bits per heavy atom. The first kappa shape index (κ1) is 8.43. The molecule has 1 atom stereocenters. The predicted molar refractivity (Wildman–Crippen MR) is 56.3 cm³/mol. The quantitative estimate of drug-likeness (QED) is 0.610. The van der Waals surface area contributed by atoms with Crippen LogP contribution in [-0.2, 0) is 0 Å². The summed E-state index contributed by atoms with van der Waals surface area (Å²) in [7, 11) is -1.38. The fraction of sp³-hybridized carbons (Fsp3) is 0. The molecule has 0 bridgehead atoms. The van der Waals surface area contributed by atoms with Gasteiger partial charge < -0.3 is 4.89 Å². The van der Waals surface area contributed by atoms with E-state index in [9.17, 15) is 4.89 Å². The van der Waals surface area contributed by atoms with Gasteiger partial charge in [-0.25, -0.2) is 0 Å². The Hall–Kier alpha value is -1.17. The minimum atomic E-state index is -1.38. The van der Waals surface area contributed by atoms with Crippen molar-refractivity contribution in [2.75, 3.05) is 0 Å². The summed E-state index contributed by atoms with van der Waals surface area (Å²) in [6.07, 6.45) is 7.61. The van der Waals surface area contributed by atoms with Crippen molar-refractivity contribution in [3.8, 4) is 0 Å². The van der Waals surface area contributed by atoms with Crippen molar-refractivity contribution in [3.05, 3.63) is 54.6 Å². The van der Waals surface area contributed by atoms with Gasteiger partial charge in [-0.3, -0.25) is 0 Å². The Balaban J connectivity index is 2.43. The van der Waals surface area contributed by atoms with Crippen LogP contribution in [0.15, 0.2) is 54.6 Å². The highest BCUT2D eigenvalue weighted by molar-refractivity contribution is 7.60. The van der Waals surface area contributed by atoms with E-state index in [1.54, 1.807) is 0 Å². The standard InChI is InChI=1S/C11H9OP/c12-13(11-8-4-5-9-11)10-6-2-1-3-7-10/h1-9H. The van der Waals surface area contributed by atoms with Gasteiger partial charge in [0.2, 0.25) is 0 Å². The van der Waals surface area contributed by atoms with Crippen molar-refractivity contribution in [1.82, 2.24) is 0 Å². The zero-order valence-electron chi connectivity index (χ0n) is 7.05. The molecule has 0 saturated heterocycles. The van der Waals surface area contributed by atoms with Crippen LogP contribution in [0.2, 0.25) is 0 Å². The van der Waals surface area contributed by atoms with Crippen LogP contribution in [0, 0.1) is 0 Å². The van der Waals surface area contributed by atoms with Crippen LogP contribution in [0.3, 0.4) is 0 Å². The molecular weight excluding hydrogens is 179 g/mol. The first-order valence-electron chi connectivity index (χ1n) is 4.12. The maximum absolute atomic E-state index is 11.9. The highest BCUT2D eigenvalue weighted by Crippen LogP contribution is 2.17.